The average Bonchev–Trinajstić information content (AvgIpc) is 2.65. The summed E-state index contributed by atoms with van der Waals surface area (Å²) in [7, 11) is -0.573. The van der Waals surface area contributed by atoms with Crippen molar-refractivity contribution in [1.29, 1.82) is 0 Å². The fourth-order valence-corrected chi connectivity index (χ4v) is 3.37. The Morgan fingerprint density at radius 1 is 1.00 bits per heavy atom. The first-order valence-electron chi connectivity index (χ1n) is 8.09. The first-order chi connectivity index (χ1) is 13.2. The molecule has 0 spiro atoms. The van der Waals surface area contributed by atoms with E-state index in [2.05, 4.69) is 0 Å². The summed E-state index contributed by atoms with van der Waals surface area (Å²) in [6.07, 6.45) is 0. The van der Waals surface area contributed by atoms with Crippen molar-refractivity contribution in [1.82, 2.24) is 4.31 Å². The van der Waals surface area contributed by atoms with Crippen molar-refractivity contribution in [3.63, 3.8) is 0 Å². The molecular formula is C18H19Cl2NO6S. The molecule has 2 aromatic rings. The molecule has 0 radical (unpaired) electrons. The van der Waals surface area contributed by atoms with Crippen molar-refractivity contribution in [3.05, 3.63) is 52.5 Å². The van der Waals surface area contributed by atoms with E-state index in [4.69, 9.17) is 37.4 Å². The molecule has 10 heteroatoms. The summed E-state index contributed by atoms with van der Waals surface area (Å²) >= 11 is 11.7. The maximum absolute atomic E-state index is 12.0. The van der Waals surface area contributed by atoms with Gasteiger partial charge in [0.2, 0.25) is 10.0 Å². The highest BCUT2D eigenvalue weighted by atomic mass is 35.5. The van der Waals surface area contributed by atoms with Crippen LogP contribution < -0.4 is 9.47 Å². The SMILES string of the molecule is CN(C)S(=O)(=O)c1ccc(OCCOC(=O)COc2ccc(Cl)cc2Cl)cc1. The van der Waals surface area contributed by atoms with E-state index < -0.39 is 16.0 Å². The molecule has 0 aliphatic carbocycles. The number of sulfonamides is 1. The number of rotatable bonds is 9. The minimum Gasteiger partial charge on any atom is -0.490 e. The molecule has 0 unspecified atom stereocenters. The fourth-order valence-electron chi connectivity index (χ4n) is 2.00. The van der Waals surface area contributed by atoms with Crippen molar-refractivity contribution in [2.24, 2.45) is 0 Å². The van der Waals surface area contributed by atoms with Crippen molar-refractivity contribution in [2.75, 3.05) is 33.9 Å². The van der Waals surface area contributed by atoms with Crippen LogP contribution in [-0.4, -0.2) is 52.6 Å². The van der Waals surface area contributed by atoms with Gasteiger partial charge in [0.1, 0.15) is 24.7 Å². The topological polar surface area (TPSA) is 82.1 Å². The Hall–Kier alpha value is -2.00. The second kappa shape index (κ2) is 9.97. The molecule has 28 heavy (non-hydrogen) atoms. The molecule has 0 aliphatic heterocycles. The molecule has 2 aromatic carbocycles. The minimum absolute atomic E-state index is 0.00823. The van der Waals surface area contributed by atoms with Crippen LogP contribution in [0.15, 0.2) is 47.4 Å². The maximum Gasteiger partial charge on any atom is 0.344 e. The van der Waals surface area contributed by atoms with E-state index in [1.165, 1.54) is 44.4 Å². The molecule has 0 heterocycles. The molecule has 0 aromatic heterocycles. The summed E-state index contributed by atoms with van der Waals surface area (Å²) in [5.74, 6) is 0.201. The van der Waals surface area contributed by atoms with Gasteiger partial charge in [-0.15, -0.1) is 0 Å². The number of benzene rings is 2. The van der Waals surface area contributed by atoms with Gasteiger partial charge >= 0.3 is 5.97 Å². The number of ether oxygens (including phenoxy) is 3. The Kier molecular flexibility index (Phi) is 7.94. The molecule has 0 saturated heterocycles. The first kappa shape index (κ1) is 22.3. The van der Waals surface area contributed by atoms with Gasteiger partial charge in [-0.3, -0.25) is 0 Å². The molecule has 0 N–H and O–H groups in total. The lowest BCUT2D eigenvalue weighted by Gasteiger charge is -2.12. The zero-order chi connectivity index (χ0) is 20.7. The molecule has 0 saturated carbocycles. The number of carbonyl (C=O) groups excluding carboxylic acids is 1. The molecule has 152 valence electrons. The molecular weight excluding hydrogens is 429 g/mol. The van der Waals surface area contributed by atoms with Crippen LogP contribution in [0.4, 0.5) is 0 Å². The summed E-state index contributed by atoms with van der Waals surface area (Å²) in [5, 5.41) is 0.757. The summed E-state index contributed by atoms with van der Waals surface area (Å²) in [5.41, 5.74) is 0. The summed E-state index contributed by atoms with van der Waals surface area (Å²) < 4.78 is 40.8. The van der Waals surface area contributed by atoms with Crippen molar-refractivity contribution in [2.45, 2.75) is 4.90 Å². The van der Waals surface area contributed by atoms with Gasteiger partial charge in [-0.05, 0) is 42.5 Å². The van der Waals surface area contributed by atoms with Crippen molar-refractivity contribution < 1.29 is 27.4 Å². The third-order valence-electron chi connectivity index (χ3n) is 3.46. The van der Waals surface area contributed by atoms with Crippen LogP contribution in [0.2, 0.25) is 10.0 Å². The number of halogens is 2. The van der Waals surface area contributed by atoms with Gasteiger partial charge < -0.3 is 14.2 Å². The quantitative estimate of drug-likeness (QED) is 0.433. The van der Waals surface area contributed by atoms with Crippen LogP contribution in [0, 0.1) is 0 Å². The summed E-state index contributed by atoms with van der Waals surface area (Å²) in [4.78, 5) is 11.8. The van der Waals surface area contributed by atoms with Crippen LogP contribution in [0.3, 0.4) is 0 Å². The highest BCUT2D eigenvalue weighted by Gasteiger charge is 2.16. The van der Waals surface area contributed by atoms with E-state index in [1.54, 1.807) is 12.1 Å². The second-order valence-corrected chi connectivity index (χ2v) is 8.69. The summed E-state index contributed by atoms with van der Waals surface area (Å²) in [6, 6.07) is 10.6. The molecule has 0 atom stereocenters. The number of hydrogen-bond acceptors (Lipinski definition) is 6. The Labute approximate surface area is 173 Å². The number of nitrogens with zero attached hydrogens (tertiary/aromatic N) is 1. The van der Waals surface area contributed by atoms with E-state index in [0.717, 1.165) is 4.31 Å². The third kappa shape index (κ3) is 6.27. The van der Waals surface area contributed by atoms with Gasteiger partial charge in [-0.2, -0.15) is 0 Å². The fraction of sp³-hybridized carbons (Fsp3) is 0.278. The maximum atomic E-state index is 12.0. The normalized spacial score (nSPS) is 11.3. The van der Waals surface area contributed by atoms with Crippen LogP contribution in [0.25, 0.3) is 0 Å². The van der Waals surface area contributed by atoms with Gasteiger partial charge in [0.25, 0.3) is 0 Å². The predicted octanol–water partition coefficient (Wildman–Crippen LogP) is 3.24. The largest absolute Gasteiger partial charge is 0.490 e. The summed E-state index contributed by atoms with van der Waals surface area (Å²) in [6.45, 7) is -0.194. The zero-order valence-corrected chi connectivity index (χ0v) is 17.6. The van der Waals surface area contributed by atoms with Gasteiger partial charge in [-0.1, -0.05) is 23.2 Å². The van der Waals surface area contributed by atoms with Gasteiger partial charge in [-0.25, -0.2) is 17.5 Å². The number of carbonyl (C=O) groups is 1. The van der Waals surface area contributed by atoms with E-state index in [0.29, 0.717) is 21.5 Å². The zero-order valence-electron chi connectivity index (χ0n) is 15.2. The molecule has 0 amide bonds. The molecule has 0 aliphatic rings. The lowest BCUT2D eigenvalue weighted by atomic mass is 10.3. The first-order valence-corrected chi connectivity index (χ1v) is 10.3. The molecule has 0 bridgehead atoms. The number of esters is 1. The second-order valence-electron chi connectivity index (χ2n) is 5.69. The van der Waals surface area contributed by atoms with Crippen molar-refractivity contribution >= 4 is 39.2 Å². The predicted molar refractivity (Wildman–Crippen MR) is 106 cm³/mol. The monoisotopic (exact) mass is 447 g/mol. The molecule has 2 rings (SSSR count). The van der Waals surface area contributed by atoms with Gasteiger partial charge in [0, 0.05) is 19.1 Å². The third-order valence-corrected chi connectivity index (χ3v) is 5.82. The Bertz CT molecular complexity index is 916. The Balaban J connectivity index is 1.73. The number of hydrogen-bond donors (Lipinski definition) is 0. The highest BCUT2D eigenvalue weighted by molar-refractivity contribution is 7.89. The van der Waals surface area contributed by atoms with E-state index >= 15 is 0 Å². The average molecular weight is 448 g/mol. The lowest BCUT2D eigenvalue weighted by molar-refractivity contribution is -0.146. The van der Waals surface area contributed by atoms with Gasteiger partial charge in [0.05, 0.1) is 9.92 Å². The Morgan fingerprint density at radius 2 is 1.68 bits per heavy atom. The Morgan fingerprint density at radius 3 is 2.29 bits per heavy atom. The minimum atomic E-state index is -3.49. The van der Waals surface area contributed by atoms with E-state index in [1.807, 2.05) is 0 Å². The smallest absolute Gasteiger partial charge is 0.344 e. The lowest BCUT2D eigenvalue weighted by Crippen LogP contribution is -2.22. The van der Waals surface area contributed by atoms with E-state index in [9.17, 15) is 13.2 Å². The van der Waals surface area contributed by atoms with E-state index in [-0.39, 0.29) is 24.7 Å². The van der Waals surface area contributed by atoms with Crippen LogP contribution in [-0.2, 0) is 19.6 Å². The van der Waals surface area contributed by atoms with Crippen LogP contribution >= 0.6 is 23.2 Å². The highest BCUT2D eigenvalue weighted by Crippen LogP contribution is 2.27. The standard InChI is InChI=1S/C18H19Cl2NO6S/c1-21(2)28(23,24)15-6-4-14(5-7-15)25-9-10-26-18(22)12-27-17-8-3-13(19)11-16(17)20/h3-8,11H,9-10,12H2,1-2H3. The molecule has 0 fully saturated rings. The van der Waals surface area contributed by atoms with Crippen LogP contribution in [0.1, 0.15) is 0 Å². The van der Waals surface area contributed by atoms with Gasteiger partial charge in [0.15, 0.2) is 6.61 Å². The van der Waals surface area contributed by atoms with Crippen molar-refractivity contribution in [3.8, 4) is 11.5 Å². The van der Waals surface area contributed by atoms with Crippen LogP contribution in [0.5, 0.6) is 11.5 Å². The molecule has 7 nitrogen and oxygen atoms in total.